The van der Waals surface area contributed by atoms with Crippen LogP contribution in [0.25, 0.3) is 0 Å². The SMILES string of the molecule is CCCCCCCCC(=O)c1c(F)cc(C2CCC(C3CCC(C)CC3)CC2)cc1F. The van der Waals surface area contributed by atoms with E-state index in [4.69, 9.17) is 0 Å². The number of halogens is 2. The topological polar surface area (TPSA) is 17.1 Å². The van der Waals surface area contributed by atoms with Crippen molar-refractivity contribution in [3.8, 4) is 0 Å². The van der Waals surface area contributed by atoms with Crippen LogP contribution in [0.5, 0.6) is 0 Å². The fourth-order valence-electron chi connectivity index (χ4n) is 5.97. The van der Waals surface area contributed by atoms with Gasteiger partial charge in [0.2, 0.25) is 0 Å². The van der Waals surface area contributed by atoms with Gasteiger partial charge in [-0.2, -0.15) is 0 Å². The van der Waals surface area contributed by atoms with Crippen molar-refractivity contribution in [1.29, 1.82) is 0 Å². The first kappa shape index (κ1) is 24.4. The van der Waals surface area contributed by atoms with Gasteiger partial charge in [0.25, 0.3) is 0 Å². The Bertz CT molecular complexity index is 674. The van der Waals surface area contributed by atoms with E-state index in [1.54, 1.807) is 0 Å². The van der Waals surface area contributed by atoms with Gasteiger partial charge in [-0.1, -0.05) is 58.8 Å². The van der Waals surface area contributed by atoms with Gasteiger partial charge >= 0.3 is 0 Å². The first-order chi connectivity index (χ1) is 15.0. The first-order valence-electron chi connectivity index (χ1n) is 13.0. The Morgan fingerprint density at radius 2 is 1.32 bits per heavy atom. The van der Waals surface area contributed by atoms with E-state index in [9.17, 15) is 13.6 Å². The zero-order chi connectivity index (χ0) is 22.2. The second-order valence-electron chi connectivity index (χ2n) is 10.4. The highest BCUT2D eigenvalue weighted by atomic mass is 19.1. The van der Waals surface area contributed by atoms with Gasteiger partial charge in [-0.15, -0.1) is 0 Å². The zero-order valence-electron chi connectivity index (χ0n) is 19.7. The molecule has 31 heavy (non-hydrogen) atoms. The molecule has 3 heteroatoms. The predicted molar refractivity (Wildman–Crippen MR) is 125 cm³/mol. The molecule has 2 fully saturated rings. The van der Waals surface area contributed by atoms with Gasteiger partial charge in [-0.25, -0.2) is 8.78 Å². The molecule has 0 radical (unpaired) electrons. The van der Waals surface area contributed by atoms with Crippen LogP contribution in [0.3, 0.4) is 0 Å². The molecular formula is C28H42F2O. The quantitative estimate of drug-likeness (QED) is 0.266. The summed E-state index contributed by atoms with van der Waals surface area (Å²) >= 11 is 0. The van der Waals surface area contributed by atoms with Gasteiger partial charge in [-0.05, 0) is 86.3 Å². The summed E-state index contributed by atoms with van der Waals surface area (Å²) < 4.78 is 29.5. The normalized spacial score (nSPS) is 26.7. The van der Waals surface area contributed by atoms with Crippen LogP contribution in [0.1, 0.15) is 132 Å². The lowest BCUT2D eigenvalue weighted by molar-refractivity contribution is 0.0970. The highest BCUT2D eigenvalue weighted by molar-refractivity contribution is 5.96. The number of Topliss-reactive ketones (excluding diaryl/α,β-unsaturated/α-hetero) is 1. The van der Waals surface area contributed by atoms with Gasteiger partial charge in [0.1, 0.15) is 11.6 Å². The number of rotatable bonds is 10. The van der Waals surface area contributed by atoms with Crippen LogP contribution in [-0.4, -0.2) is 5.78 Å². The summed E-state index contributed by atoms with van der Waals surface area (Å²) in [7, 11) is 0. The minimum absolute atomic E-state index is 0.227. The minimum atomic E-state index is -0.658. The Morgan fingerprint density at radius 1 is 0.806 bits per heavy atom. The molecule has 0 aromatic heterocycles. The maximum Gasteiger partial charge on any atom is 0.168 e. The van der Waals surface area contributed by atoms with Crippen molar-refractivity contribution in [1.82, 2.24) is 0 Å². The van der Waals surface area contributed by atoms with Crippen molar-refractivity contribution >= 4 is 5.78 Å². The van der Waals surface area contributed by atoms with E-state index in [0.29, 0.717) is 6.42 Å². The summed E-state index contributed by atoms with van der Waals surface area (Å²) in [6.45, 7) is 4.53. The molecule has 0 amide bonds. The molecular weight excluding hydrogens is 390 g/mol. The van der Waals surface area contributed by atoms with Gasteiger partial charge in [0.05, 0.1) is 5.56 Å². The molecule has 1 aromatic rings. The number of carbonyl (C=O) groups excluding carboxylic acids is 1. The summed E-state index contributed by atoms with van der Waals surface area (Å²) in [5, 5.41) is 0. The van der Waals surface area contributed by atoms with E-state index in [0.717, 1.165) is 49.0 Å². The molecule has 2 aliphatic carbocycles. The van der Waals surface area contributed by atoms with Gasteiger partial charge in [-0.3, -0.25) is 4.79 Å². The number of ketones is 1. The van der Waals surface area contributed by atoms with Crippen LogP contribution in [0.15, 0.2) is 12.1 Å². The lowest BCUT2D eigenvalue weighted by Gasteiger charge is -2.37. The molecule has 0 N–H and O–H groups in total. The Balaban J connectivity index is 1.51. The predicted octanol–water partition coefficient (Wildman–Crippen LogP) is 9.00. The molecule has 0 unspecified atom stereocenters. The Morgan fingerprint density at radius 3 is 1.90 bits per heavy atom. The van der Waals surface area contributed by atoms with Crippen LogP contribution in [0.4, 0.5) is 8.78 Å². The molecule has 2 aliphatic rings. The van der Waals surface area contributed by atoms with Crippen LogP contribution in [-0.2, 0) is 0 Å². The molecule has 0 spiro atoms. The summed E-state index contributed by atoms with van der Waals surface area (Å²) in [5.74, 6) is 1.05. The number of benzene rings is 1. The van der Waals surface area contributed by atoms with Crippen LogP contribution in [0.2, 0.25) is 0 Å². The van der Waals surface area contributed by atoms with Crippen LogP contribution < -0.4 is 0 Å². The van der Waals surface area contributed by atoms with Gasteiger partial charge < -0.3 is 0 Å². The summed E-state index contributed by atoms with van der Waals surface area (Å²) in [5.41, 5.74) is 0.434. The maximum atomic E-state index is 14.7. The molecule has 2 saturated carbocycles. The van der Waals surface area contributed by atoms with Crippen LogP contribution in [0, 0.1) is 29.4 Å². The molecule has 0 saturated heterocycles. The molecule has 0 heterocycles. The highest BCUT2D eigenvalue weighted by Gasteiger charge is 2.31. The maximum absolute atomic E-state index is 14.7. The van der Waals surface area contributed by atoms with Gasteiger partial charge in [0, 0.05) is 6.42 Å². The third-order valence-electron chi connectivity index (χ3n) is 8.07. The van der Waals surface area contributed by atoms with Crippen molar-refractivity contribution in [2.24, 2.45) is 17.8 Å². The average Bonchev–Trinajstić information content (AvgIpc) is 2.76. The monoisotopic (exact) mass is 432 g/mol. The Labute approximate surface area is 188 Å². The van der Waals surface area contributed by atoms with Crippen LogP contribution >= 0.6 is 0 Å². The fraction of sp³-hybridized carbons (Fsp3) is 0.750. The van der Waals surface area contributed by atoms with Crippen molar-refractivity contribution < 1.29 is 13.6 Å². The van der Waals surface area contributed by atoms with Crippen molar-refractivity contribution in [2.45, 2.75) is 116 Å². The number of hydrogen-bond acceptors (Lipinski definition) is 1. The molecule has 174 valence electrons. The third-order valence-corrected chi connectivity index (χ3v) is 8.07. The lowest BCUT2D eigenvalue weighted by Crippen LogP contribution is -2.25. The smallest absolute Gasteiger partial charge is 0.168 e. The summed E-state index contributed by atoms with van der Waals surface area (Å²) in [6.07, 6.45) is 16.4. The van der Waals surface area contributed by atoms with Crippen molar-refractivity contribution in [2.75, 3.05) is 0 Å². The molecule has 1 nitrogen and oxygen atoms in total. The fourth-order valence-corrected chi connectivity index (χ4v) is 5.97. The number of unbranched alkanes of at least 4 members (excludes halogenated alkanes) is 5. The molecule has 0 atom stereocenters. The lowest BCUT2D eigenvalue weighted by atomic mass is 9.68. The highest BCUT2D eigenvalue weighted by Crippen LogP contribution is 2.44. The molecule has 0 aliphatic heterocycles. The van der Waals surface area contributed by atoms with E-state index in [1.165, 1.54) is 69.9 Å². The summed E-state index contributed by atoms with van der Waals surface area (Å²) in [6, 6.07) is 2.90. The van der Waals surface area contributed by atoms with Gasteiger partial charge in [0.15, 0.2) is 5.78 Å². The Hall–Kier alpha value is -1.25. The van der Waals surface area contributed by atoms with Crippen molar-refractivity contribution in [3.63, 3.8) is 0 Å². The molecule has 1 aromatic carbocycles. The van der Waals surface area contributed by atoms with E-state index < -0.39 is 11.6 Å². The largest absolute Gasteiger partial charge is 0.294 e. The standard InChI is InChI=1S/C28H42F2O/c1-3-4-5-6-7-8-9-27(31)28-25(29)18-24(19-26(28)30)23-16-14-22(15-17-23)21-12-10-20(2)11-13-21/h18-23H,3-17H2,1-2H3. The van der Waals surface area contributed by atoms with E-state index in [2.05, 4.69) is 13.8 Å². The van der Waals surface area contributed by atoms with E-state index in [-0.39, 0.29) is 23.7 Å². The second kappa shape index (κ2) is 12.1. The number of carbonyl (C=O) groups is 1. The molecule has 0 bridgehead atoms. The van der Waals surface area contributed by atoms with E-state index >= 15 is 0 Å². The zero-order valence-corrected chi connectivity index (χ0v) is 19.7. The third kappa shape index (κ3) is 6.86. The summed E-state index contributed by atoms with van der Waals surface area (Å²) in [4.78, 5) is 12.4. The van der Waals surface area contributed by atoms with Crippen molar-refractivity contribution in [3.05, 3.63) is 34.9 Å². The molecule has 3 rings (SSSR count). The van der Waals surface area contributed by atoms with E-state index in [1.807, 2.05) is 0 Å². The second-order valence-corrected chi connectivity index (χ2v) is 10.4. The Kier molecular flexibility index (Phi) is 9.53. The number of hydrogen-bond donors (Lipinski definition) is 0. The minimum Gasteiger partial charge on any atom is -0.294 e. The first-order valence-corrected chi connectivity index (χ1v) is 13.0. The average molecular weight is 433 g/mol.